The fourth-order valence-corrected chi connectivity index (χ4v) is 4.50. The summed E-state index contributed by atoms with van der Waals surface area (Å²) in [7, 11) is -4.00. The number of hydrogen-bond donors (Lipinski definition) is 3. The molecule has 3 N–H and O–H groups in total. The highest BCUT2D eigenvalue weighted by Crippen LogP contribution is 2.41. The highest BCUT2D eigenvalue weighted by atomic mass is 35.5. The fourth-order valence-electron chi connectivity index (χ4n) is 3.16. The van der Waals surface area contributed by atoms with Crippen LogP contribution in [0.5, 0.6) is 0 Å². The Morgan fingerprint density at radius 2 is 1.93 bits per heavy atom. The largest absolute Gasteiger partial charge is 0.384 e. The molecule has 0 saturated heterocycles. The Labute approximate surface area is 176 Å². The van der Waals surface area contributed by atoms with Crippen LogP contribution < -0.4 is 10.0 Å². The van der Waals surface area contributed by atoms with Crippen LogP contribution in [-0.2, 0) is 10.0 Å². The van der Waals surface area contributed by atoms with E-state index in [0.29, 0.717) is 0 Å². The average Bonchev–Trinajstić information content (AvgIpc) is 2.67. The van der Waals surface area contributed by atoms with E-state index < -0.39 is 39.7 Å². The maximum Gasteiger partial charge on any atom is 0.266 e. The first-order valence-electron chi connectivity index (χ1n) is 8.87. The van der Waals surface area contributed by atoms with E-state index in [2.05, 4.69) is 10.0 Å². The molecule has 0 aromatic heterocycles. The summed E-state index contributed by atoms with van der Waals surface area (Å²) in [4.78, 5) is 12.2. The van der Waals surface area contributed by atoms with E-state index in [0.717, 1.165) is 12.1 Å². The SMILES string of the molecule is O=C(Nc1ccc(F)c(Cl)c1)c1cccc(S(=O)(=O)NCC2CC(O)(C(F)F)C2)c1. The van der Waals surface area contributed by atoms with E-state index in [1.807, 2.05) is 0 Å². The Morgan fingerprint density at radius 1 is 1.23 bits per heavy atom. The molecule has 0 spiro atoms. The number of sulfonamides is 1. The number of hydrogen-bond acceptors (Lipinski definition) is 4. The van der Waals surface area contributed by atoms with Crippen LogP contribution in [0.25, 0.3) is 0 Å². The Balaban J connectivity index is 1.65. The lowest BCUT2D eigenvalue weighted by atomic mass is 9.71. The zero-order valence-corrected chi connectivity index (χ0v) is 17.0. The first kappa shape index (κ1) is 22.5. The molecule has 0 aliphatic heterocycles. The van der Waals surface area contributed by atoms with Gasteiger partial charge in [-0.2, -0.15) is 0 Å². The van der Waals surface area contributed by atoms with Crippen molar-refractivity contribution in [2.24, 2.45) is 5.92 Å². The molecule has 1 fully saturated rings. The van der Waals surface area contributed by atoms with Gasteiger partial charge in [-0.05, 0) is 55.2 Å². The van der Waals surface area contributed by atoms with Gasteiger partial charge < -0.3 is 10.4 Å². The van der Waals surface area contributed by atoms with Crippen molar-refractivity contribution in [3.8, 4) is 0 Å². The Kier molecular flexibility index (Phi) is 6.42. The number of carbonyl (C=O) groups excluding carboxylic acids is 1. The molecule has 1 aliphatic rings. The van der Waals surface area contributed by atoms with Crippen molar-refractivity contribution < 1.29 is 31.5 Å². The number of benzene rings is 2. The maximum absolute atomic E-state index is 13.2. The average molecular weight is 463 g/mol. The minimum Gasteiger partial charge on any atom is -0.384 e. The molecule has 1 amide bonds. The highest BCUT2D eigenvalue weighted by molar-refractivity contribution is 7.89. The summed E-state index contributed by atoms with van der Waals surface area (Å²) < 4.78 is 65.8. The van der Waals surface area contributed by atoms with Crippen molar-refractivity contribution in [3.63, 3.8) is 0 Å². The number of amides is 1. The Morgan fingerprint density at radius 3 is 2.57 bits per heavy atom. The molecule has 30 heavy (non-hydrogen) atoms. The summed E-state index contributed by atoms with van der Waals surface area (Å²) in [6.45, 7) is -0.109. The van der Waals surface area contributed by atoms with Crippen molar-refractivity contribution in [1.82, 2.24) is 4.72 Å². The van der Waals surface area contributed by atoms with Gasteiger partial charge in [0.25, 0.3) is 12.3 Å². The summed E-state index contributed by atoms with van der Waals surface area (Å²) in [5.41, 5.74) is -1.79. The van der Waals surface area contributed by atoms with Gasteiger partial charge in [0, 0.05) is 17.8 Å². The molecule has 3 rings (SSSR count). The zero-order valence-electron chi connectivity index (χ0n) is 15.4. The summed E-state index contributed by atoms with van der Waals surface area (Å²) in [6.07, 6.45) is -3.28. The van der Waals surface area contributed by atoms with Crippen LogP contribution in [-0.4, -0.2) is 38.0 Å². The molecular weight excluding hydrogens is 445 g/mol. The lowest BCUT2D eigenvalue weighted by molar-refractivity contribution is -0.166. The van der Waals surface area contributed by atoms with Crippen LogP contribution in [0.4, 0.5) is 18.9 Å². The van der Waals surface area contributed by atoms with Crippen LogP contribution in [0, 0.1) is 11.7 Å². The van der Waals surface area contributed by atoms with Gasteiger partial charge in [-0.1, -0.05) is 17.7 Å². The number of alkyl halides is 2. The van der Waals surface area contributed by atoms with Crippen molar-refractivity contribution in [2.75, 3.05) is 11.9 Å². The molecule has 0 bridgehead atoms. The number of carbonyl (C=O) groups is 1. The third-order valence-corrected chi connectivity index (χ3v) is 6.55. The quantitative estimate of drug-likeness (QED) is 0.587. The minimum absolute atomic E-state index is 0.0362. The number of nitrogens with one attached hydrogen (secondary N) is 2. The molecule has 6 nitrogen and oxygen atoms in total. The molecular formula is C19H18ClF3N2O4S. The van der Waals surface area contributed by atoms with Crippen LogP contribution >= 0.6 is 11.6 Å². The number of rotatable bonds is 7. The minimum atomic E-state index is -4.00. The first-order valence-corrected chi connectivity index (χ1v) is 10.7. The third-order valence-electron chi connectivity index (χ3n) is 4.84. The van der Waals surface area contributed by atoms with Gasteiger partial charge in [0.15, 0.2) is 0 Å². The second-order valence-electron chi connectivity index (χ2n) is 7.14. The van der Waals surface area contributed by atoms with E-state index in [1.165, 1.54) is 30.3 Å². The van der Waals surface area contributed by atoms with Gasteiger partial charge in [-0.3, -0.25) is 4.79 Å². The monoisotopic (exact) mass is 462 g/mol. The zero-order chi connectivity index (χ0) is 22.1. The standard InChI is InChI=1S/C19H18ClF3N2O4S/c20-15-7-13(4-5-16(15)21)25-17(26)12-2-1-3-14(6-12)30(28,29)24-10-11-8-19(27,9-11)18(22)23/h1-7,11,18,24,27H,8-10H2,(H,25,26). The highest BCUT2D eigenvalue weighted by Gasteiger charge is 2.49. The third kappa shape index (κ3) is 4.94. The van der Waals surface area contributed by atoms with Crippen molar-refractivity contribution in [2.45, 2.75) is 29.8 Å². The molecule has 1 aliphatic carbocycles. The molecule has 1 saturated carbocycles. The van der Waals surface area contributed by atoms with Gasteiger partial charge in [-0.25, -0.2) is 26.3 Å². The first-order chi connectivity index (χ1) is 14.0. The van der Waals surface area contributed by atoms with E-state index in [4.69, 9.17) is 11.6 Å². The molecule has 0 radical (unpaired) electrons. The van der Waals surface area contributed by atoms with E-state index >= 15 is 0 Å². The van der Waals surface area contributed by atoms with Crippen LogP contribution in [0.3, 0.4) is 0 Å². The summed E-state index contributed by atoms with van der Waals surface area (Å²) in [6, 6.07) is 8.81. The molecule has 162 valence electrons. The van der Waals surface area contributed by atoms with Gasteiger partial charge in [0.1, 0.15) is 11.4 Å². The van der Waals surface area contributed by atoms with E-state index in [-0.39, 0.29) is 40.6 Å². The van der Waals surface area contributed by atoms with Crippen LogP contribution in [0.2, 0.25) is 5.02 Å². The van der Waals surface area contributed by atoms with Crippen molar-refractivity contribution in [3.05, 3.63) is 58.9 Å². The molecule has 0 heterocycles. The van der Waals surface area contributed by atoms with Crippen molar-refractivity contribution in [1.29, 1.82) is 0 Å². The number of anilines is 1. The predicted octanol–water partition coefficient (Wildman–Crippen LogP) is 3.42. The lowest BCUT2D eigenvalue weighted by Crippen LogP contribution is -2.52. The maximum atomic E-state index is 13.2. The van der Waals surface area contributed by atoms with Gasteiger partial charge >= 0.3 is 0 Å². The van der Waals surface area contributed by atoms with Crippen LogP contribution in [0.15, 0.2) is 47.4 Å². The summed E-state index contributed by atoms with van der Waals surface area (Å²) in [5.74, 6) is -1.68. The topological polar surface area (TPSA) is 95.5 Å². The summed E-state index contributed by atoms with van der Waals surface area (Å²) in [5, 5.41) is 11.9. The second kappa shape index (κ2) is 8.54. The predicted molar refractivity (Wildman–Crippen MR) is 105 cm³/mol. The van der Waals surface area contributed by atoms with E-state index in [1.54, 1.807) is 0 Å². The molecule has 0 unspecified atom stereocenters. The molecule has 2 aromatic carbocycles. The van der Waals surface area contributed by atoms with Gasteiger partial charge in [0.05, 0.1) is 9.92 Å². The smallest absolute Gasteiger partial charge is 0.266 e. The molecule has 0 atom stereocenters. The number of halogens is 4. The lowest BCUT2D eigenvalue weighted by Gasteiger charge is -2.42. The number of aliphatic hydroxyl groups is 1. The van der Waals surface area contributed by atoms with Crippen LogP contribution in [0.1, 0.15) is 23.2 Å². The fraction of sp³-hybridized carbons (Fsp3) is 0.316. The normalized spacial score (nSPS) is 21.3. The van der Waals surface area contributed by atoms with Gasteiger partial charge in [-0.15, -0.1) is 0 Å². The Bertz CT molecular complexity index is 1060. The summed E-state index contributed by atoms with van der Waals surface area (Å²) >= 11 is 5.67. The Hall–Kier alpha value is -2.14. The van der Waals surface area contributed by atoms with E-state index in [9.17, 15) is 31.5 Å². The molecule has 2 aromatic rings. The second-order valence-corrected chi connectivity index (χ2v) is 9.32. The van der Waals surface area contributed by atoms with Crippen molar-refractivity contribution >= 4 is 33.2 Å². The molecule has 11 heteroatoms. The van der Waals surface area contributed by atoms with Gasteiger partial charge in [0.2, 0.25) is 10.0 Å².